The molecule has 0 saturated carbocycles. The Bertz CT molecular complexity index is 766. The van der Waals surface area contributed by atoms with E-state index in [0.29, 0.717) is 6.04 Å². The van der Waals surface area contributed by atoms with Crippen LogP contribution in [0.4, 0.5) is 0 Å². The van der Waals surface area contributed by atoms with E-state index in [1.807, 2.05) is 12.4 Å². The summed E-state index contributed by atoms with van der Waals surface area (Å²) in [6, 6.07) is 9.20. The molecule has 1 unspecified atom stereocenters. The molecule has 0 radical (unpaired) electrons. The van der Waals surface area contributed by atoms with E-state index in [4.69, 9.17) is 9.47 Å². The van der Waals surface area contributed by atoms with Crippen LogP contribution in [0.25, 0.3) is 0 Å². The minimum Gasteiger partial charge on any atom is -0.493 e. The van der Waals surface area contributed by atoms with Gasteiger partial charge in [-0.25, -0.2) is 0 Å². The summed E-state index contributed by atoms with van der Waals surface area (Å²) < 4.78 is 11.0. The van der Waals surface area contributed by atoms with Crippen LogP contribution in [0, 0.1) is 0 Å². The van der Waals surface area contributed by atoms with Crippen LogP contribution >= 0.6 is 0 Å². The Morgan fingerprint density at radius 2 is 1.78 bits per heavy atom. The highest BCUT2D eigenvalue weighted by Crippen LogP contribution is 2.34. The summed E-state index contributed by atoms with van der Waals surface area (Å²) in [6.07, 6.45) is 7.41. The van der Waals surface area contributed by atoms with E-state index in [1.165, 1.54) is 36.1 Å². The molecule has 0 N–H and O–H groups in total. The highest BCUT2D eigenvalue weighted by atomic mass is 16.5. The van der Waals surface area contributed by atoms with Gasteiger partial charge in [0.25, 0.3) is 0 Å². The van der Waals surface area contributed by atoms with Gasteiger partial charge in [-0.15, -0.1) is 0 Å². The zero-order chi connectivity index (χ0) is 18.6. The lowest BCUT2D eigenvalue weighted by Gasteiger charge is -2.41. The van der Waals surface area contributed by atoms with Crippen molar-refractivity contribution in [2.45, 2.75) is 38.4 Å². The molecule has 5 nitrogen and oxygen atoms in total. The lowest BCUT2D eigenvalue weighted by molar-refractivity contribution is 0.0837. The number of benzene rings is 1. The third-order valence-corrected chi connectivity index (χ3v) is 5.90. The highest BCUT2D eigenvalue weighted by molar-refractivity contribution is 5.48. The number of hydrogen-bond acceptors (Lipinski definition) is 5. The van der Waals surface area contributed by atoms with Crippen molar-refractivity contribution in [3.63, 3.8) is 0 Å². The van der Waals surface area contributed by atoms with Gasteiger partial charge in [-0.1, -0.05) is 0 Å². The van der Waals surface area contributed by atoms with Crippen LogP contribution in [0.5, 0.6) is 11.5 Å². The average Bonchev–Trinajstić information content (AvgIpc) is 2.73. The third kappa shape index (κ3) is 4.09. The van der Waals surface area contributed by atoms with Gasteiger partial charge >= 0.3 is 0 Å². The summed E-state index contributed by atoms with van der Waals surface area (Å²) in [5, 5.41) is 0. The molecule has 1 aromatic carbocycles. The van der Waals surface area contributed by atoms with E-state index in [9.17, 15) is 0 Å². The van der Waals surface area contributed by atoms with E-state index >= 15 is 0 Å². The average molecular weight is 367 g/mol. The second-order valence-corrected chi connectivity index (χ2v) is 7.58. The summed E-state index contributed by atoms with van der Waals surface area (Å²) in [5.74, 6) is 1.67. The van der Waals surface area contributed by atoms with Crippen molar-refractivity contribution in [3.05, 3.63) is 53.3 Å². The number of ether oxygens (including phenoxy) is 2. The van der Waals surface area contributed by atoms with Crippen LogP contribution in [0.15, 0.2) is 36.7 Å². The van der Waals surface area contributed by atoms with Crippen molar-refractivity contribution in [2.24, 2.45) is 0 Å². The molecular weight excluding hydrogens is 338 g/mol. The molecule has 2 aliphatic rings. The molecule has 2 aliphatic heterocycles. The fraction of sp³-hybridized carbons (Fsp3) is 0.500. The summed E-state index contributed by atoms with van der Waals surface area (Å²) in [4.78, 5) is 9.38. The molecule has 3 heterocycles. The smallest absolute Gasteiger partial charge is 0.161 e. The standard InChI is InChI=1S/C22H29N3O2/c1-26-21-12-18-7-11-25(15-19(18)13-22(21)27-2)20-4-3-10-24(16-20)14-17-5-8-23-9-6-17/h5-6,8-9,12-13,20H,3-4,7,10-11,14-16H2,1-2H3. The molecule has 5 heteroatoms. The maximum atomic E-state index is 5.51. The van der Waals surface area contributed by atoms with Crippen molar-refractivity contribution in [3.8, 4) is 11.5 Å². The number of methoxy groups -OCH3 is 2. The number of likely N-dealkylation sites (tertiary alicyclic amines) is 1. The minimum atomic E-state index is 0.627. The quantitative estimate of drug-likeness (QED) is 0.812. The Hall–Kier alpha value is -2.11. The lowest BCUT2D eigenvalue weighted by atomic mass is 9.95. The summed E-state index contributed by atoms with van der Waals surface area (Å²) in [5.41, 5.74) is 4.13. The number of rotatable bonds is 5. The minimum absolute atomic E-state index is 0.627. The molecule has 0 spiro atoms. The predicted octanol–water partition coefficient (Wildman–Crippen LogP) is 3.12. The van der Waals surface area contributed by atoms with Gasteiger partial charge in [0.15, 0.2) is 11.5 Å². The van der Waals surface area contributed by atoms with Crippen molar-refractivity contribution in [1.29, 1.82) is 0 Å². The fourth-order valence-electron chi connectivity index (χ4n) is 4.44. The molecule has 4 rings (SSSR count). The third-order valence-electron chi connectivity index (χ3n) is 5.90. The number of hydrogen-bond donors (Lipinski definition) is 0. The van der Waals surface area contributed by atoms with Crippen LogP contribution in [0.1, 0.15) is 29.5 Å². The Balaban J connectivity index is 1.43. The normalized spacial score (nSPS) is 20.9. The van der Waals surface area contributed by atoms with Crippen molar-refractivity contribution >= 4 is 0 Å². The lowest BCUT2D eigenvalue weighted by Crippen LogP contribution is -2.49. The number of nitrogens with zero attached hydrogens (tertiary/aromatic N) is 3. The number of pyridine rings is 1. The topological polar surface area (TPSA) is 37.8 Å². The summed E-state index contributed by atoms with van der Waals surface area (Å²) >= 11 is 0. The van der Waals surface area contributed by atoms with E-state index in [0.717, 1.165) is 44.1 Å². The van der Waals surface area contributed by atoms with Crippen molar-refractivity contribution in [1.82, 2.24) is 14.8 Å². The first-order valence-corrected chi connectivity index (χ1v) is 9.86. The van der Waals surface area contributed by atoms with Gasteiger partial charge < -0.3 is 9.47 Å². The van der Waals surface area contributed by atoms with Crippen molar-refractivity contribution < 1.29 is 9.47 Å². The van der Waals surface area contributed by atoms with Crippen LogP contribution in [0.3, 0.4) is 0 Å². The van der Waals surface area contributed by atoms with E-state index in [1.54, 1.807) is 14.2 Å². The SMILES string of the molecule is COc1cc2c(cc1OC)CN(C1CCCN(Cc3ccncc3)C1)CC2. The zero-order valence-electron chi connectivity index (χ0n) is 16.4. The molecule has 1 aromatic heterocycles. The van der Waals surface area contributed by atoms with E-state index in [2.05, 4.69) is 39.0 Å². The second kappa shape index (κ2) is 8.28. The molecule has 0 amide bonds. The van der Waals surface area contributed by atoms with Crippen LogP contribution < -0.4 is 9.47 Å². The molecule has 2 aromatic rings. The monoisotopic (exact) mass is 367 g/mol. The number of piperidine rings is 1. The Kier molecular flexibility index (Phi) is 5.60. The zero-order valence-corrected chi connectivity index (χ0v) is 16.4. The highest BCUT2D eigenvalue weighted by Gasteiger charge is 2.28. The Labute approximate surface area is 161 Å². The number of fused-ring (bicyclic) bond motifs is 1. The van der Waals surface area contributed by atoms with Gasteiger partial charge in [-0.05, 0) is 66.8 Å². The van der Waals surface area contributed by atoms with Crippen molar-refractivity contribution in [2.75, 3.05) is 33.9 Å². The molecular formula is C22H29N3O2. The Morgan fingerprint density at radius 3 is 2.52 bits per heavy atom. The van der Waals surface area contributed by atoms with Gasteiger partial charge in [0.2, 0.25) is 0 Å². The van der Waals surface area contributed by atoms with Gasteiger partial charge in [0, 0.05) is 44.6 Å². The van der Waals surface area contributed by atoms with Gasteiger partial charge in [-0.2, -0.15) is 0 Å². The maximum Gasteiger partial charge on any atom is 0.161 e. The van der Waals surface area contributed by atoms with Gasteiger partial charge in [0.05, 0.1) is 14.2 Å². The Morgan fingerprint density at radius 1 is 1.04 bits per heavy atom. The first-order chi connectivity index (χ1) is 13.3. The first kappa shape index (κ1) is 18.3. The van der Waals surface area contributed by atoms with Crippen LogP contribution in [-0.2, 0) is 19.5 Å². The molecule has 144 valence electrons. The maximum absolute atomic E-state index is 5.51. The van der Waals surface area contributed by atoms with Gasteiger partial charge in [-0.3, -0.25) is 14.8 Å². The summed E-state index contributed by atoms with van der Waals surface area (Å²) in [6.45, 7) is 5.48. The molecule has 1 saturated heterocycles. The molecule has 0 aliphatic carbocycles. The fourth-order valence-corrected chi connectivity index (χ4v) is 4.44. The predicted molar refractivity (Wildman–Crippen MR) is 106 cm³/mol. The number of aromatic nitrogens is 1. The second-order valence-electron chi connectivity index (χ2n) is 7.58. The molecule has 27 heavy (non-hydrogen) atoms. The summed E-state index contributed by atoms with van der Waals surface area (Å²) in [7, 11) is 3.42. The van der Waals surface area contributed by atoms with E-state index < -0.39 is 0 Å². The first-order valence-electron chi connectivity index (χ1n) is 9.86. The molecule has 1 fully saturated rings. The van der Waals surface area contributed by atoms with Crippen LogP contribution in [0.2, 0.25) is 0 Å². The van der Waals surface area contributed by atoms with Gasteiger partial charge in [0.1, 0.15) is 0 Å². The van der Waals surface area contributed by atoms with Crippen LogP contribution in [-0.4, -0.2) is 54.7 Å². The van der Waals surface area contributed by atoms with E-state index in [-0.39, 0.29) is 0 Å². The molecule has 0 bridgehead atoms. The molecule has 1 atom stereocenters. The largest absolute Gasteiger partial charge is 0.493 e.